The van der Waals surface area contributed by atoms with Crippen LogP contribution in [0.3, 0.4) is 0 Å². The predicted molar refractivity (Wildman–Crippen MR) is 98.8 cm³/mol. The molecule has 0 saturated carbocycles. The molecule has 1 atom stereocenters. The van der Waals surface area contributed by atoms with Crippen LogP contribution in [-0.4, -0.2) is 68.7 Å². The average molecular weight is 343 g/mol. The van der Waals surface area contributed by atoms with E-state index in [1.807, 2.05) is 4.90 Å². The molecular formula is C20H29N3O2. The zero-order valence-electron chi connectivity index (χ0n) is 15.2. The van der Waals surface area contributed by atoms with Crippen molar-refractivity contribution in [3.05, 3.63) is 29.3 Å². The third-order valence-corrected chi connectivity index (χ3v) is 6.23. The van der Waals surface area contributed by atoms with Crippen LogP contribution in [0.1, 0.15) is 24.0 Å². The fourth-order valence-electron chi connectivity index (χ4n) is 4.67. The molecule has 5 heteroatoms. The first-order valence-corrected chi connectivity index (χ1v) is 9.51. The molecule has 1 amide bonds. The minimum absolute atomic E-state index is 0.350. The summed E-state index contributed by atoms with van der Waals surface area (Å²) in [7, 11) is 0. The van der Waals surface area contributed by atoms with Crippen LogP contribution in [0.2, 0.25) is 0 Å². The standard InChI is InChI=1S/C20H29N3O2/c1-17-12-19(23-8-10-25-11-9-23)3-2-18(17)13-21-6-4-20(14-21)5-7-22(15-20)16-24/h2-3,12,16H,4-11,13-15H2,1H3. The number of morpholine rings is 1. The summed E-state index contributed by atoms with van der Waals surface area (Å²) in [6, 6.07) is 6.90. The maximum Gasteiger partial charge on any atom is 0.209 e. The summed E-state index contributed by atoms with van der Waals surface area (Å²) in [4.78, 5) is 18.0. The Morgan fingerprint density at radius 1 is 1.12 bits per heavy atom. The smallest absolute Gasteiger partial charge is 0.209 e. The summed E-state index contributed by atoms with van der Waals surface area (Å²) in [5, 5.41) is 0. The number of carbonyl (C=O) groups excluding carboxylic acids is 1. The number of hydrogen-bond acceptors (Lipinski definition) is 4. The molecule has 1 spiro atoms. The Kier molecular flexibility index (Phi) is 4.69. The van der Waals surface area contributed by atoms with Crippen molar-refractivity contribution in [1.82, 2.24) is 9.80 Å². The fraction of sp³-hybridized carbons (Fsp3) is 0.650. The van der Waals surface area contributed by atoms with Gasteiger partial charge in [-0.3, -0.25) is 9.69 Å². The predicted octanol–water partition coefficient (Wildman–Crippen LogP) is 1.89. The van der Waals surface area contributed by atoms with Gasteiger partial charge >= 0.3 is 0 Å². The van der Waals surface area contributed by atoms with Gasteiger partial charge in [-0.25, -0.2) is 0 Å². The van der Waals surface area contributed by atoms with Gasteiger partial charge in [-0.15, -0.1) is 0 Å². The van der Waals surface area contributed by atoms with Crippen molar-refractivity contribution in [3.63, 3.8) is 0 Å². The molecule has 0 radical (unpaired) electrons. The Hall–Kier alpha value is -1.59. The Morgan fingerprint density at radius 3 is 2.64 bits per heavy atom. The quantitative estimate of drug-likeness (QED) is 0.782. The van der Waals surface area contributed by atoms with Crippen LogP contribution >= 0.6 is 0 Å². The summed E-state index contributed by atoms with van der Waals surface area (Å²) < 4.78 is 5.45. The van der Waals surface area contributed by atoms with E-state index >= 15 is 0 Å². The number of aryl methyl sites for hydroxylation is 1. The number of carbonyl (C=O) groups is 1. The van der Waals surface area contributed by atoms with Crippen molar-refractivity contribution in [2.75, 3.05) is 57.4 Å². The number of rotatable bonds is 4. The van der Waals surface area contributed by atoms with Gasteiger partial charge in [-0.2, -0.15) is 0 Å². The van der Waals surface area contributed by atoms with Gasteiger partial charge in [-0.05, 0) is 49.6 Å². The third-order valence-electron chi connectivity index (χ3n) is 6.23. The molecule has 1 aromatic rings. The van der Waals surface area contributed by atoms with E-state index in [9.17, 15) is 4.79 Å². The van der Waals surface area contributed by atoms with Crippen molar-refractivity contribution in [1.29, 1.82) is 0 Å². The van der Waals surface area contributed by atoms with Crippen LogP contribution in [0.5, 0.6) is 0 Å². The lowest BCUT2D eigenvalue weighted by molar-refractivity contribution is -0.117. The van der Waals surface area contributed by atoms with Crippen molar-refractivity contribution in [2.45, 2.75) is 26.3 Å². The minimum atomic E-state index is 0.350. The molecule has 1 aromatic carbocycles. The van der Waals surface area contributed by atoms with Crippen LogP contribution in [0.4, 0.5) is 5.69 Å². The molecule has 0 aliphatic carbocycles. The van der Waals surface area contributed by atoms with Gasteiger partial charge < -0.3 is 14.5 Å². The second-order valence-electron chi connectivity index (χ2n) is 8.00. The lowest BCUT2D eigenvalue weighted by Crippen LogP contribution is -2.36. The molecule has 1 unspecified atom stereocenters. The van der Waals surface area contributed by atoms with Crippen LogP contribution < -0.4 is 4.90 Å². The minimum Gasteiger partial charge on any atom is -0.378 e. The lowest BCUT2D eigenvalue weighted by Gasteiger charge is -2.29. The zero-order valence-corrected chi connectivity index (χ0v) is 15.2. The SMILES string of the molecule is Cc1cc(N2CCOCC2)ccc1CN1CCC2(CCN(C=O)C2)C1. The topological polar surface area (TPSA) is 36.0 Å². The van der Waals surface area contributed by atoms with E-state index in [4.69, 9.17) is 4.74 Å². The molecule has 3 saturated heterocycles. The average Bonchev–Trinajstić information content (AvgIpc) is 3.24. The third kappa shape index (κ3) is 3.53. The summed E-state index contributed by atoms with van der Waals surface area (Å²) >= 11 is 0. The van der Waals surface area contributed by atoms with Gasteiger partial charge in [-0.1, -0.05) is 6.07 Å². The van der Waals surface area contributed by atoms with E-state index in [-0.39, 0.29) is 0 Å². The van der Waals surface area contributed by atoms with Crippen LogP contribution in [0.15, 0.2) is 18.2 Å². The Bertz CT molecular complexity index is 629. The highest BCUT2D eigenvalue weighted by Gasteiger charge is 2.43. The highest BCUT2D eigenvalue weighted by atomic mass is 16.5. The monoisotopic (exact) mass is 343 g/mol. The molecular weight excluding hydrogens is 314 g/mol. The molecule has 0 aromatic heterocycles. The van der Waals surface area contributed by atoms with Gasteiger partial charge in [0.15, 0.2) is 0 Å². The maximum atomic E-state index is 11.0. The van der Waals surface area contributed by atoms with Crippen molar-refractivity contribution >= 4 is 12.1 Å². The molecule has 3 aliphatic heterocycles. The summed E-state index contributed by atoms with van der Waals surface area (Å²) in [5.41, 5.74) is 4.48. The van der Waals surface area contributed by atoms with Gasteiger partial charge in [0.25, 0.3) is 0 Å². The highest BCUT2D eigenvalue weighted by Crippen LogP contribution is 2.39. The molecule has 0 bridgehead atoms. The largest absolute Gasteiger partial charge is 0.378 e. The normalized spacial score (nSPS) is 27.4. The van der Waals surface area contributed by atoms with E-state index in [0.29, 0.717) is 5.41 Å². The first-order valence-electron chi connectivity index (χ1n) is 9.51. The molecule has 136 valence electrons. The molecule has 5 nitrogen and oxygen atoms in total. The molecule has 0 N–H and O–H groups in total. The number of anilines is 1. The second kappa shape index (κ2) is 6.96. The Morgan fingerprint density at radius 2 is 1.92 bits per heavy atom. The van der Waals surface area contributed by atoms with Gasteiger partial charge in [0, 0.05) is 50.4 Å². The number of benzene rings is 1. The molecule has 4 rings (SSSR count). The molecule has 3 fully saturated rings. The summed E-state index contributed by atoms with van der Waals surface area (Å²) in [6.07, 6.45) is 3.41. The molecule has 3 aliphatic rings. The van der Waals surface area contributed by atoms with Crippen LogP contribution in [-0.2, 0) is 16.1 Å². The Balaban J connectivity index is 1.39. The summed E-state index contributed by atoms with van der Waals surface area (Å²) in [5.74, 6) is 0. The van der Waals surface area contributed by atoms with Crippen molar-refractivity contribution in [3.8, 4) is 0 Å². The van der Waals surface area contributed by atoms with Crippen LogP contribution in [0.25, 0.3) is 0 Å². The zero-order chi connectivity index (χ0) is 17.3. The van der Waals surface area contributed by atoms with Crippen LogP contribution in [0, 0.1) is 12.3 Å². The van der Waals surface area contributed by atoms with Gasteiger partial charge in [0.1, 0.15) is 0 Å². The van der Waals surface area contributed by atoms with Gasteiger partial charge in [0.05, 0.1) is 13.2 Å². The Labute approximate surface area is 150 Å². The number of likely N-dealkylation sites (tertiary alicyclic amines) is 2. The highest BCUT2D eigenvalue weighted by molar-refractivity contribution is 5.51. The maximum absolute atomic E-state index is 11.0. The van der Waals surface area contributed by atoms with Crippen molar-refractivity contribution in [2.24, 2.45) is 5.41 Å². The molecule has 3 heterocycles. The van der Waals surface area contributed by atoms with Gasteiger partial charge in [0.2, 0.25) is 6.41 Å². The van der Waals surface area contributed by atoms with E-state index in [1.54, 1.807) is 0 Å². The van der Waals surface area contributed by atoms with E-state index < -0.39 is 0 Å². The summed E-state index contributed by atoms with van der Waals surface area (Å²) in [6.45, 7) is 11.0. The molecule has 25 heavy (non-hydrogen) atoms. The first-order chi connectivity index (χ1) is 12.2. The number of nitrogens with zero attached hydrogens (tertiary/aromatic N) is 3. The number of hydrogen-bond donors (Lipinski definition) is 0. The first kappa shape index (κ1) is 16.9. The van der Waals surface area contributed by atoms with Crippen molar-refractivity contribution < 1.29 is 9.53 Å². The second-order valence-corrected chi connectivity index (χ2v) is 8.00. The number of amides is 1. The van der Waals surface area contributed by atoms with E-state index in [2.05, 4.69) is 34.9 Å². The van der Waals surface area contributed by atoms with E-state index in [0.717, 1.165) is 71.9 Å². The lowest BCUT2D eigenvalue weighted by atomic mass is 9.86. The number of ether oxygens (including phenoxy) is 1. The fourth-order valence-corrected chi connectivity index (χ4v) is 4.67. The van der Waals surface area contributed by atoms with E-state index in [1.165, 1.54) is 23.2 Å².